The van der Waals surface area contributed by atoms with Gasteiger partial charge in [0.1, 0.15) is 0 Å². The van der Waals surface area contributed by atoms with Crippen molar-refractivity contribution in [3.63, 3.8) is 0 Å². The summed E-state index contributed by atoms with van der Waals surface area (Å²) in [5, 5.41) is 12.9. The van der Waals surface area contributed by atoms with Gasteiger partial charge in [-0.15, -0.1) is 0 Å². The first-order valence-electron chi connectivity index (χ1n) is 8.29. The highest BCUT2D eigenvalue weighted by atomic mass is 16.2. The first-order valence-corrected chi connectivity index (χ1v) is 8.29. The second-order valence-corrected chi connectivity index (χ2v) is 6.01. The number of rotatable bonds is 5. The second kappa shape index (κ2) is 7.83. The number of nitrogens with one attached hydrogen (secondary N) is 3. The molecule has 1 heterocycles. The first kappa shape index (κ1) is 18.5. The van der Waals surface area contributed by atoms with Gasteiger partial charge in [0.05, 0.1) is 11.7 Å². The number of benzene rings is 1. The zero-order valence-corrected chi connectivity index (χ0v) is 15.3. The molecule has 1 atom stereocenters. The maximum atomic E-state index is 12.3. The first-order chi connectivity index (χ1) is 11.8. The summed E-state index contributed by atoms with van der Waals surface area (Å²) in [5.74, 6) is -0.0715. The molecule has 3 N–H and O–H groups in total. The second-order valence-electron chi connectivity index (χ2n) is 6.01. The topological polar surface area (TPSA) is 88.1 Å². The van der Waals surface area contributed by atoms with E-state index in [0.29, 0.717) is 17.8 Å². The molecule has 0 bridgehead atoms. The zero-order chi connectivity index (χ0) is 18.6. The van der Waals surface area contributed by atoms with Crippen molar-refractivity contribution in [2.75, 3.05) is 10.6 Å². The Kier molecular flexibility index (Phi) is 5.80. The number of aryl methyl sites for hydroxylation is 2. The third kappa shape index (κ3) is 4.59. The fourth-order valence-corrected chi connectivity index (χ4v) is 2.78. The van der Waals surface area contributed by atoms with Crippen LogP contribution in [0.15, 0.2) is 24.3 Å². The molecule has 1 aromatic carbocycles. The number of nitrogens with zero attached hydrogens (tertiary/aromatic N) is 2. The van der Waals surface area contributed by atoms with Gasteiger partial charge in [-0.3, -0.25) is 9.48 Å². The van der Waals surface area contributed by atoms with Gasteiger partial charge in [0.15, 0.2) is 0 Å². The van der Waals surface area contributed by atoms with Gasteiger partial charge in [0.2, 0.25) is 5.91 Å². The molecule has 2 aromatic rings. The molecule has 7 heteroatoms. The zero-order valence-electron chi connectivity index (χ0n) is 15.3. The summed E-state index contributed by atoms with van der Waals surface area (Å²) >= 11 is 0. The lowest BCUT2D eigenvalue weighted by molar-refractivity contribution is -0.115. The Morgan fingerprint density at radius 2 is 1.84 bits per heavy atom. The lowest BCUT2D eigenvalue weighted by Gasteiger charge is -2.16. The highest BCUT2D eigenvalue weighted by Crippen LogP contribution is 2.21. The molecule has 0 unspecified atom stereocenters. The molecule has 1 aromatic heterocycles. The fourth-order valence-electron chi connectivity index (χ4n) is 2.78. The molecule has 3 amide bonds. The van der Waals surface area contributed by atoms with Crippen LogP contribution < -0.4 is 16.0 Å². The van der Waals surface area contributed by atoms with Crippen LogP contribution in [0.1, 0.15) is 43.3 Å². The van der Waals surface area contributed by atoms with E-state index in [1.54, 1.807) is 35.9 Å². The number of anilines is 2. The van der Waals surface area contributed by atoms with Gasteiger partial charge in [-0.2, -0.15) is 5.10 Å². The van der Waals surface area contributed by atoms with Gasteiger partial charge in [-0.1, -0.05) is 13.0 Å². The van der Waals surface area contributed by atoms with E-state index in [1.807, 2.05) is 27.8 Å². The number of carbonyl (C=O) groups excluding carboxylic acids is 2. The summed E-state index contributed by atoms with van der Waals surface area (Å²) in [7, 11) is 1.88. The lowest BCUT2D eigenvalue weighted by Crippen LogP contribution is -2.31. The maximum absolute atomic E-state index is 12.3. The maximum Gasteiger partial charge on any atom is 0.319 e. The van der Waals surface area contributed by atoms with Crippen molar-refractivity contribution >= 4 is 23.3 Å². The minimum absolute atomic E-state index is 0.0715. The predicted molar refractivity (Wildman–Crippen MR) is 98.6 cm³/mol. The van der Waals surface area contributed by atoms with Crippen molar-refractivity contribution in [3.05, 3.63) is 41.2 Å². The SMILES string of the molecule is CCC(=O)Nc1cccc(NC(=O)N[C@H](C)c2c(C)nn(C)c2C)c1. The Balaban J connectivity index is 2.02. The summed E-state index contributed by atoms with van der Waals surface area (Å²) in [6.07, 6.45) is 0.402. The van der Waals surface area contributed by atoms with Crippen molar-refractivity contribution in [2.45, 2.75) is 40.2 Å². The minimum atomic E-state index is -0.311. The van der Waals surface area contributed by atoms with E-state index < -0.39 is 0 Å². The Morgan fingerprint density at radius 3 is 2.40 bits per heavy atom. The van der Waals surface area contributed by atoms with Crippen LogP contribution in [0.4, 0.5) is 16.2 Å². The highest BCUT2D eigenvalue weighted by molar-refractivity contribution is 5.93. The number of urea groups is 1. The van der Waals surface area contributed by atoms with Gasteiger partial charge < -0.3 is 16.0 Å². The van der Waals surface area contributed by atoms with Crippen molar-refractivity contribution in [2.24, 2.45) is 7.05 Å². The summed E-state index contributed by atoms with van der Waals surface area (Å²) in [6.45, 7) is 7.62. The van der Waals surface area contributed by atoms with Crippen LogP contribution in [-0.2, 0) is 11.8 Å². The van der Waals surface area contributed by atoms with Crippen LogP contribution in [0, 0.1) is 13.8 Å². The molecule has 0 saturated carbocycles. The van der Waals surface area contributed by atoms with Gasteiger partial charge in [0.25, 0.3) is 0 Å². The molecule has 134 valence electrons. The molecule has 0 saturated heterocycles. The smallest absolute Gasteiger partial charge is 0.319 e. The molecular weight excluding hydrogens is 318 g/mol. The van der Waals surface area contributed by atoms with Crippen LogP contribution in [0.3, 0.4) is 0 Å². The third-order valence-electron chi connectivity index (χ3n) is 4.07. The average molecular weight is 343 g/mol. The summed E-state index contributed by atoms with van der Waals surface area (Å²) < 4.78 is 1.81. The van der Waals surface area contributed by atoms with E-state index in [4.69, 9.17) is 0 Å². The van der Waals surface area contributed by atoms with Crippen LogP contribution in [-0.4, -0.2) is 21.7 Å². The van der Waals surface area contributed by atoms with E-state index in [-0.39, 0.29) is 18.0 Å². The quantitative estimate of drug-likeness (QED) is 0.778. The predicted octanol–water partition coefficient (Wildman–Crippen LogP) is 3.27. The Morgan fingerprint density at radius 1 is 1.20 bits per heavy atom. The summed E-state index contributed by atoms with van der Waals surface area (Å²) in [6, 6.07) is 6.57. The van der Waals surface area contributed by atoms with E-state index >= 15 is 0 Å². The molecule has 0 aliphatic rings. The molecule has 0 fully saturated rings. The molecule has 0 aliphatic heterocycles. The van der Waals surface area contributed by atoms with Crippen molar-refractivity contribution in [1.29, 1.82) is 0 Å². The average Bonchev–Trinajstić information content (AvgIpc) is 2.79. The van der Waals surface area contributed by atoms with E-state index in [9.17, 15) is 9.59 Å². The van der Waals surface area contributed by atoms with E-state index in [0.717, 1.165) is 17.0 Å². The van der Waals surface area contributed by atoms with E-state index in [1.165, 1.54) is 0 Å². The standard InChI is InChI=1S/C18H25N5O2/c1-6-16(24)20-14-8-7-9-15(10-14)21-18(25)19-11(2)17-12(3)22-23(5)13(17)4/h7-11H,6H2,1-5H3,(H,20,24)(H2,19,21,25)/t11-/m1/s1. The molecule has 0 radical (unpaired) electrons. The Bertz CT molecular complexity index is 782. The van der Waals surface area contributed by atoms with Crippen molar-refractivity contribution < 1.29 is 9.59 Å². The molecule has 7 nitrogen and oxygen atoms in total. The van der Waals surface area contributed by atoms with E-state index in [2.05, 4.69) is 21.0 Å². The van der Waals surface area contributed by atoms with Crippen molar-refractivity contribution in [3.8, 4) is 0 Å². The molecule has 0 aliphatic carbocycles. The Labute approximate surface area is 147 Å². The molecule has 25 heavy (non-hydrogen) atoms. The highest BCUT2D eigenvalue weighted by Gasteiger charge is 2.18. The number of hydrogen-bond acceptors (Lipinski definition) is 3. The minimum Gasteiger partial charge on any atom is -0.331 e. The number of hydrogen-bond donors (Lipinski definition) is 3. The van der Waals surface area contributed by atoms with Gasteiger partial charge >= 0.3 is 6.03 Å². The van der Waals surface area contributed by atoms with Crippen LogP contribution in [0.5, 0.6) is 0 Å². The molecule has 0 spiro atoms. The number of aromatic nitrogens is 2. The third-order valence-corrected chi connectivity index (χ3v) is 4.07. The van der Waals surface area contributed by atoms with Crippen molar-refractivity contribution in [1.82, 2.24) is 15.1 Å². The monoisotopic (exact) mass is 343 g/mol. The summed E-state index contributed by atoms with van der Waals surface area (Å²) in [4.78, 5) is 23.7. The summed E-state index contributed by atoms with van der Waals surface area (Å²) in [5.41, 5.74) is 4.20. The van der Waals surface area contributed by atoms with Crippen LogP contribution in [0.2, 0.25) is 0 Å². The van der Waals surface area contributed by atoms with Crippen LogP contribution in [0.25, 0.3) is 0 Å². The lowest BCUT2D eigenvalue weighted by atomic mass is 10.1. The van der Waals surface area contributed by atoms with Gasteiger partial charge in [-0.05, 0) is 39.0 Å². The van der Waals surface area contributed by atoms with Gasteiger partial charge in [-0.25, -0.2) is 4.79 Å². The number of amides is 3. The number of carbonyl (C=O) groups is 2. The van der Waals surface area contributed by atoms with Crippen LogP contribution >= 0.6 is 0 Å². The van der Waals surface area contributed by atoms with Gasteiger partial charge in [0, 0.05) is 36.1 Å². The fraction of sp³-hybridized carbons (Fsp3) is 0.389. The Hall–Kier alpha value is -2.83. The normalized spacial score (nSPS) is 11.7. The largest absolute Gasteiger partial charge is 0.331 e. The molecule has 2 rings (SSSR count). The molecular formula is C18H25N5O2.